The van der Waals surface area contributed by atoms with E-state index in [2.05, 4.69) is 4.98 Å². The molecular formula is C11H18N2O3. The summed E-state index contributed by atoms with van der Waals surface area (Å²) in [4.78, 5) is 3.91. The Hall–Kier alpha value is -0.910. The average molecular weight is 226 g/mol. The summed E-state index contributed by atoms with van der Waals surface area (Å²) in [5.41, 5.74) is 0. The van der Waals surface area contributed by atoms with E-state index in [1.165, 1.54) is 0 Å². The number of hydrogen-bond donors (Lipinski definition) is 1. The Morgan fingerprint density at radius 2 is 2.56 bits per heavy atom. The molecule has 5 heteroatoms. The molecule has 1 fully saturated rings. The van der Waals surface area contributed by atoms with Crippen LogP contribution in [0.2, 0.25) is 0 Å². The van der Waals surface area contributed by atoms with Gasteiger partial charge in [0.05, 0.1) is 38.3 Å². The zero-order valence-corrected chi connectivity index (χ0v) is 9.29. The summed E-state index contributed by atoms with van der Waals surface area (Å²) >= 11 is 0. The summed E-state index contributed by atoms with van der Waals surface area (Å²) in [6.07, 6.45) is 7.12. The molecule has 1 aromatic rings. The van der Waals surface area contributed by atoms with E-state index in [9.17, 15) is 5.11 Å². The quantitative estimate of drug-likeness (QED) is 0.764. The van der Waals surface area contributed by atoms with Crippen LogP contribution >= 0.6 is 0 Å². The highest BCUT2D eigenvalue weighted by molar-refractivity contribution is 4.75. The maximum Gasteiger partial charge on any atom is 0.0952 e. The topological polar surface area (TPSA) is 56.5 Å². The summed E-state index contributed by atoms with van der Waals surface area (Å²) in [5.74, 6) is 0. The molecule has 2 unspecified atom stereocenters. The van der Waals surface area contributed by atoms with Crippen molar-refractivity contribution in [3.05, 3.63) is 18.7 Å². The van der Waals surface area contributed by atoms with E-state index in [1.54, 1.807) is 12.5 Å². The number of ether oxygens (including phenoxy) is 2. The van der Waals surface area contributed by atoms with E-state index in [1.807, 2.05) is 10.8 Å². The molecule has 0 aliphatic carbocycles. The van der Waals surface area contributed by atoms with Crippen LogP contribution in [0, 0.1) is 0 Å². The average Bonchev–Trinajstić information content (AvgIpc) is 2.90. The van der Waals surface area contributed by atoms with E-state index in [0.29, 0.717) is 19.8 Å². The van der Waals surface area contributed by atoms with E-state index < -0.39 is 6.10 Å². The van der Waals surface area contributed by atoms with Crippen molar-refractivity contribution >= 4 is 0 Å². The highest BCUT2D eigenvalue weighted by Crippen LogP contribution is 2.11. The summed E-state index contributed by atoms with van der Waals surface area (Å²) in [5, 5.41) is 9.68. The highest BCUT2D eigenvalue weighted by Gasteiger charge is 2.16. The van der Waals surface area contributed by atoms with Gasteiger partial charge in [-0.2, -0.15) is 0 Å². The van der Waals surface area contributed by atoms with Gasteiger partial charge in [0.1, 0.15) is 0 Å². The van der Waals surface area contributed by atoms with Crippen molar-refractivity contribution in [2.24, 2.45) is 0 Å². The lowest BCUT2D eigenvalue weighted by atomic mass is 10.2. The number of imidazole rings is 1. The fourth-order valence-electron chi connectivity index (χ4n) is 1.80. The fraction of sp³-hybridized carbons (Fsp3) is 0.727. The standard InChI is InChI=1S/C11H18N2O3/c14-10(6-13-4-3-12-9-13)7-15-8-11-2-1-5-16-11/h3-4,9-11,14H,1-2,5-8H2. The molecule has 0 radical (unpaired) electrons. The molecule has 0 amide bonds. The van der Waals surface area contributed by atoms with Crippen LogP contribution in [0.4, 0.5) is 0 Å². The highest BCUT2D eigenvalue weighted by atomic mass is 16.5. The number of rotatable bonds is 6. The van der Waals surface area contributed by atoms with E-state index in [0.717, 1.165) is 19.4 Å². The molecule has 0 bridgehead atoms. The molecule has 2 rings (SSSR count). The molecule has 1 aromatic heterocycles. The number of aliphatic hydroxyl groups is 1. The second-order valence-electron chi connectivity index (χ2n) is 4.09. The minimum atomic E-state index is -0.490. The molecule has 0 saturated carbocycles. The first kappa shape index (κ1) is 11.6. The van der Waals surface area contributed by atoms with Gasteiger partial charge in [-0.25, -0.2) is 4.98 Å². The molecule has 5 nitrogen and oxygen atoms in total. The van der Waals surface area contributed by atoms with Gasteiger partial charge in [-0.3, -0.25) is 0 Å². The van der Waals surface area contributed by atoms with Crippen LogP contribution in [-0.4, -0.2) is 46.7 Å². The summed E-state index contributed by atoms with van der Waals surface area (Å²) < 4.78 is 12.7. The summed E-state index contributed by atoms with van der Waals surface area (Å²) in [7, 11) is 0. The van der Waals surface area contributed by atoms with Gasteiger partial charge in [-0.05, 0) is 12.8 Å². The lowest BCUT2D eigenvalue weighted by Gasteiger charge is -2.14. The molecule has 1 aliphatic rings. The monoisotopic (exact) mass is 226 g/mol. The SMILES string of the molecule is OC(COCC1CCCO1)Cn1ccnc1. The first-order chi connectivity index (χ1) is 7.84. The van der Waals surface area contributed by atoms with Crippen LogP contribution in [0.1, 0.15) is 12.8 Å². The predicted molar refractivity (Wildman–Crippen MR) is 58.0 cm³/mol. The Balaban J connectivity index is 1.58. The normalized spacial score (nSPS) is 22.4. The van der Waals surface area contributed by atoms with Crippen molar-refractivity contribution < 1.29 is 14.6 Å². The molecule has 1 N–H and O–H groups in total. The number of nitrogens with zero attached hydrogens (tertiary/aromatic N) is 2. The zero-order chi connectivity index (χ0) is 11.2. The number of aromatic nitrogens is 2. The van der Waals surface area contributed by atoms with Gasteiger partial charge in [0.15, 0.2) is 0 Å². The maximum atomic E-state index is 9.68. The fourth-order valence-corrected chi connectivity index (χ4v) is 1.80. The Morgan fingerprint density at radius 3 is 3.25 bits per heavy atom. The van der Waals surface area contributed by atoms with Gasteiger partial charge in [0, 0.05) is 19.0 Å². The Morgan fingerprint density at radius 1 is 1.62 bits per heavy atom. The van der Waals surface area contributed by atoms with Crippen molar-refractivity contribution in [2.75, 3.05) is 19.8 Å². The summed E-state index contributed by atoms with van der Waals surface area (Å²) in [6.45, 7) is 2.29. The zero-order valence-electron chi connectivity index (χ0n) is 9.29. The Bertz CT molecular complexity index is 283. The van der Waals surface area contributed by atoms with Crippen LogP contribution in [0.15, 0.2) is 18.7 Å². The minimum absolute atomic E-state index is 0.223. The molecule has 0 spiro atoms. The summed E-state index contributed by atoms with van der Waals surface area (Å²) in [6, 6.07) is 0. The number of hydrogen-bond acceptors (Lipinski definition) is 4. The van der Waals surface area contributed by atoms with Gasteiger partial charge in [-0.1, -0.05) is 0 Å². The van der Waals surface area contributed by atoms with Crippen molar-refractivity contribution in [2.45, 2.75) is 31.6 Å². The molecule has 16 heavy (non-hydrogen) atoms. The van der Waals surface area contributed by atoms with Crippen molar-refractivity contribution in [3.63, 3.8) is 0 Å². The molecule has 0 aromatic carbocycles. The molecule has 1 aliphatic heterocycles. The van der Waals surface area contributed by atoms with E-state index in [4.69, 9.17) is 9.47 Å². The third kappa shape index (κ3) is 3.59. The molecule has 90 valence electrons. The third-order valence-corrected chi connectivity index (χ3v) is 2.62. The number of aliphatic hydroxyl groups excluding tert-OH is 1. The second kappa shape index (κ2) is 5.98. The van der Waals surface area contributed by atoms with Gasteiger partial charge in [0.25, 0.3) is 0 Å². The van der Waals surface area contributed by atoms with Crippen LogP contribution in [-0.2, 0) is 16.0 Å². The van der Waals surface area contributed by atoms with Gasteiger partial charge >= 0.3 is 0 Å². The van der Waals surface area contributed by atoms with E-state index >= 15 is 0 Å². The molecule has 2 atom stereocenters. The molecular weight excluding hydrogens is 208 g/mol. The largest absolute Gasteiger partial charge is 0.389 e. The van der Waals surface area contributed by atoms with Gasteiger partial charge in [-0.15, -0.1) is 0 Å². The molecule has 1 saturated heterocycles. The lowest BCUT2D eigenvalue weighted by Crippen LogP contribution is -2.24. The maximum absolute atomic E-state index is 9.68. The van der Waals surface area contributed by atoms with Crippen LogP contribution in [0.5, 0.6) is 0 Å². The Kier molecular flexibility index (Phi) is 4.33. The first-order valence-electron chi connectivity index (χ1n) is 5.68. The van der Waals surface area contributed by atoms with Crippen LogP contribution in [0.25, 0.3) is 0 Å². The lowest BCUT2D eigenvalue weighted by molar-refractivity contribution is -0.0207. The Labute approximate surface area is 95.0 Å². The van der Waals surface area contributed by atoms with Gasteiger partial charge in [0.2, 0.25) is 0 Å². The van der Waals surface area contributed by atoms with Gasteiger partial charge < -0.3 is 19.1 Å². The van der Waals surface area contributed by atoms with Crippen LogP contribution in [0.3, 0.4) is 0 Å². The predicted octanol–water partition coefficient (Wildman–Crippen LogP) is 0.440. The van der Waals surface area contributed by atoms with Crippen molar-refractivity contribution in [3.8, 4) is 0 Å². The van der Waals surface area contributed by atoms with Crippen molar-refractivity contribution in [1.29, 1.82) is 0 Å². The van der Waals surface area contributed by atoms with Crippen molar-refractivity contribution in [1.82, 2.24) is 9.55 Å². The second-order valence-corrected chi connectivity index (χ2v) is 4.09. The van der Waals surface area contributed by atoms with Crippen LogP contribution < -0.4 is 0 Å². The third-order valence-electron chi connectivity index (χ3n) is 2.62. The van der Waals surface area contributed by atoms with E-state index in [-0.39, 0.29) is 6.10 Å². The minimum Gasteiger partial charge on any atom is -0.389 e. The molecule has 2 heterocycles. The smallest absolute Gasteiger partial charge is 0.0952 e. The first-order valence-corrected chi connectivity index (χ1v) is 5.68.